The van der Waals surface area contributed by atoms with Crippen LogP contribution in [-0.4, -0.2) is 22.1 Å². The van der Waals surface area contributed by atoms with Crippen molar-refractivity contribution in [1.29, 1.82) is 0 Å². The molecule has 3 N–H and O–H groups in total. The normalized spacial score (nSPS) is 10.8. The van der Waals surface area contributed by atoms with Gasteiger partial charge in [-0.3, -0.25) is 24.0 Å². The molecule has 9 nitrogen and oxygen atoms in total. The Balaban J connectivity index is 1.97. The Labute approximate surface area is 185 Å². The lowest BCUT2D eigenvalue weighted by Crippen LogP contribution is -2.42. The molecule has 0 saturated carbocycles. The molecule has 0 bridgehead atoms. The summed E-state index contributed by atoms with van der Waals surface area (Å²) in [6.07, 6.45) is 3.00. The summed E-state index contributed by atoms with van der Waals surface area (Å²) in [6.45, 7) is 5.75. The maximum atomic E-state index is 13.2. The van der Waals surface area contributed by atoms with Gasteiger partial charge >= 0.3 is 5.69 Å². The van der Waals surface area contributed by atoms with Gasteiger partial charge in [0.25, 0.3) is 11.5 Å². The quantitative estimate of drug-likeness (QED) is 0.527. The van der Waals surface area contributed by atoms with Crippen molar-refractivity contribution in [2.24, 2.45) is 0 Å². The Morgan fingerprint density at radius 3 is 2.72 bits per heavy atom. The Bertz CT molecular complexity index is 1190. The largest absolute Gasteiger partial charge is 0.483 e. The van der Waals surface area contributed by atoms with Gasteiger partial charge in [-0.25, -0.2) is 4.79 Å². The first-order chi connectivity index (χ1) is 15.3. The number of hydrogen-bond donors (Lipinski definition) is 2. The van der Waals surface area contributed by atoms with Crippen molar-refractivity contribution < 1.29 is 13.9 Å². The molecule has 170 valence electrons. The van der Waals surface area contributed by atoms with Crippen LogP contribution in [0.3, 0.4) is 0 Å². The molecule has 0 aliphatic carbocycles. The number of aromatic nitrogens is 2. The molecule has 1 amide bonds. The number of nitrogen functional groups attached to an aromatic ring is 1. The summed E-state index contributed by atoms with van der Waals surface area (Å²) in [7, 11) is 0. The lowest BCUT2D eigenvalue weighted by Gasteiger charge is -2.24. The molecule has 0 fully saturated rings. The summed E-state index contributed by atoms with van der Waals surface area (Å²) >= 11 is 0. The van der Waals surface area contributed by atoms with Gasteiger partial charge in [0, 0.05) is 6.54 Å². The second-order valence-electron chi connectivity index (χ2n) is 7.62. The Hall–Kier alpha value is -3.75. The lowest BCUT2D eigenvalue weighted by molar-refractivity contribution is -0.120. The predicted octanol–water partition coefficient (Wildman–Crippen LogP) is 2.74. The van der Waals surface area contributed by atoms with Crippen LogP contribution >= 0.6 is 0 Å². The topological polar surface area (TPSA) is 124 Å². The summed E-state index contributed by atoms with van der Waals surface area (Å²) in [5.74, 6) is 0.459. The molecule has 0 aliphatic heterocycles. The monoisotopic (exact) mass is 440 g/mol. The van der Waals surface area contributed by atoms with Crippen LogP contribution in [0.4, 0.5) is 11.5 Å². The molecule has 2 aromatic heterocycles. The van der Waals surface area contributed by atoms with Crippen LogP contribution in [0.5, 0.6) is 5.75 Å². The minimum absolute atomic E-state index is 0.0404. The molecule has 3 aromatic rings. The van der Waals surface area contributed by atoms with Crippen molar-refractivity contribution in [1.82, 2.24) is 9.55 Å². The molecule has 32 heavy (non-hydrogen) atoms. The molecule has 0 saturated heterocycles. The zero-order chi connectivity index (χ0) is 23.3. The maximum absolute atomic E-state index is 13.2. The molecule has 0 unspecified atom stereocenters. The highest BCUT2D eigenvalue weighted by Crippen LogP contribution is 2.22. The molecule has 9 heteroatoms. The number of aryl methyl sites for hydroxylation is 2. The fourth-order valence-electron chi connectivity index (χ4n) is 3.31. The van der Waals surface area contributed by atoms with Crippen molar-refractivity contribution in [2.45, 2.75) is 46.7 Å². The van der Waals surface area contributed by atoms with Crippen molar-refractivity contribution >= 4 is 17.4 Å². The first-order valence-electron chi connectivity index (χ1n) is 10.5. The van der Waals surface area contributed by atoms with E-state index < -0.39 is 17.2 Å². The number of carbonyl (C=O) groups is 1. The fourth-order valence-corrected chi connectivity index (χ4v) is 3.31. The molecule has 0 atom stereocenters. The number of H-pyrrole nitrogens is 1. The molecule has 3 rings (SSSR count). The predicted molar refractivity (Wildman–Crippen MR) is 122 cm³/mol. The van der Waals surface area contributed by atoms with E-state index in [0.29, 0.717) is 24.5 Å². The molecule has 1 aromatic carbocycles. The fraction of sp³-hybridized carbons (Fsp3) is 0.348. The van der Waals surface area contributed by atoms with Crippen LogP contribution in [0, 0.1) is 13.8 Å². The van der Waals surface area contributed by atoms with Gasteiger partial charge in [-0.1, -0.05) is 25.5 Å². The van der Waals surface area contributed by atoms with Crippen molar-refractivity contribution in [2.75, 3.05) is 17.2 Å². The summed E-state index contributed by atoms with van der Waals surface area (Å²) in [4.78, 5) is 41.7. The minimum atomic E-state index is -0.744. The molecular weight excluding hydrogens is 412 g/mol. The third-order valence-electron chi connectivity index (χ3n) is 5.11. The van der Waals surface area contributed by atoms with E-state index in [1.807, 2.05) is 39.0 Å². The summed E-state index contributed by atoms with van der Waals surface area (Å²) in [5.41, 5.74) is 6.64. The molecular formula is C23H28N4O5. The number of nitrogens with one attached hydrogen (secondary N) is 1. The number of furan rings is 1. The average molecular weight is 441 g/mol. The number of hydrogen-bond acceptors (Lipinski definition) is 6. The lowest BCUT2D eigenvalue weighted by atomic mass is 10.1. The van der Waals surface area contributed by atoms with E-state index >= 15 is 0 Å². The number of rotatable bonds is 9. The van der Waals surface area contributed by atoms with Gasteiger partial charge in [0.1, 0.15) is 17.3 Å². The van der Waals surface area contributed by atoms with Gasteiger partial charge in [-0.05, 0) is 49.6 Å². The number of benzene rings is 1. The number of nitrogens with zero attached hydrogens (tertiary/aromatic N) is 2. The highest BCUT2D eigenvalue weighted by Gasteiger charge is 2.26. The number of anilines is 2. The van der Waals surface area contributed by atoms with Crippen LogP contribution in [0.15, 0.2) is 50.6 Å². The summed E-state index contributed by atoms with van der Waals surface area (Å²) in [5, 5.41) is 0. The minimum Gasteiger partial charge on any atom is -0.483 e. The van der Waals surface area contributed by atoms with Crippen LogP contribution < -0.4 is 26.6 Å². The van der Waals surface area contributed by atoms with Crippen LogP contribution in [0.1, 0.15) is 36.7 Å². The SMILES string of the molecule is CCCCn1c(N)c(N(Cc2ccco2)C(=O)COc2cc(C)ccc2C)c(=O)[nH]c1=O. The standard InChI is InChI=1S/C23H28N4O5/c1-4-5-10-26-21(24)20(22(29)25-23(26)30)27(13-17-7-6-11-31-17)19(28)14-32-18-12-15(2)8-9-16(18)3/h6-9,11-12H,4-5,10,13-14,24H2,1-3H3,(H,25,29,30). The number of aromatic amines is 1. The van der Waals surface area contributed by atoms with Gasteiger partial charge in [0.15, 0.2) is 12.3 Å². The summed E-state index contributed by atoms with van der Waals surface area (Å²) in [6, 6.07) is 9.06. The zero-order valence-electron chi connectivity index (χ0n) is 18.5. The summed E-state index contributed by atoms with van der Waals surface area (Å²) < 4.78 is 12.4. The number of carbonyl (C=O) groups excluding carboxylic acids is 1. The van der Waals surface area contributed by atoms with E-state index in [2.05, 4.69) is 4.98 Å². The van der Waals surface area contributed by atoms with E-state index in [9.17, 15) is 14.4 Å². The third kappa shape index (κ3) is 5.11. The van der Waals surface area contributed by atoms with Gasteiger partial charge in [-0.2, -0.15) is 0 Å². The third-order valence-corrected chi connectivity index (χ3v) is 5.11. The Kier molecular flexibility index (Phi) is 7.19. The zero-order valence-corrected chi connectivity index (χ0v) is 18.5. The Morgan fingerprint density at radius 2 is 2.03 bits per heavy atom. The highest BCUT2D eigenvalue weighted by atomic mass is 16.5. The van der Waals surface area contributed by atoms with E-state index in [4.69, 9.17) is 14.9 Å². The smallest absolute Gasteiger partial charge is 0.330 e. The van der Waals surface area contributed by atoms with Gasteiger partial charge < -0.3 is 14.9 Å². The number of nitrogens with two attached hydrogens (primary N) is 1. The van der Waals surface area contributed by atoms with E-state index in [0.717, 1.165) is 17.5 Å². The van der Waals surface area contributed by atoms with Crippen molar-refractivity contribution in [3.05, 3.63) is 74.3 Å². The van der Waals surface area contributed by atoms with Crippen molar-refractivity contribution in [3.8, 4) is 5.75 Å². The molecule has 0 spiro atoms. The van der Waals surface area contributed by atoms with Crippen LogP contribution in [0.2, 0.25) is 0 Å². The second-order valence-corrected chi connectivity index (χ2v) is 7.62. The molecule has 0 radical (unpaired) electrons. The molecule has 0 aliphatic rings. The molecule has 2 heterocycles. The maximum Gasteiger partial charge on any atom is 0.330 e. The van der Waals surface area contributed by atoms with E-state index in [-0.39, 0.29) is 24.7 Å². The van der Waals surface area contributed by atoms with Crippen LogP contribution in [0.25, 0.3) is 0 Å². The van der Waals surface area contributed by atoms with Gasteiger partial charge in [-0.15, -0.1) is 0 Å². The Morgan fingerprint density at radius 1 is 1.25 bits per heavy atom. The number of unbranched alkanes of at least 4 members (excludes halogenated alkanes) is 1. The second kappa shape index (κ2) is 10.0. The van der Waals surface area contributed by atoms with E-state index in [1.165, 1.54) is 15.7 Å². The number of ether oxygens (including phenoxy) is 1. The first kappa shape index (κ1) is 22.9. The first-order valence-corrected chi connectivity index (χ1v) is 10.5. The van der Waals surface area contributed by atoms with Crippen LogP contribution in [-0.2, 0) is 17.9 Å². The number of amides is 1. The van der Waals surface area contributed by atoms with Gasteiger partial charge in [0.2, 0.25) is 0 Å². The highest BCUT2D eigenvalue weighted by molar-refractivity contribution is 5.96. The van der Waals surface area contributed by atoms with Gasteiger partial charge in [0.05, 0.1) is 12.8 Å². The van der Waals surface area contributed by atoms with Crippen molar-refractivity contribution in [3.63, 3.8) is 0 Å². The average Bonchev–Trinajstić information content (AvgIpc) is 3.26. The van der Waals surface area contributed by atoms with E-state index in [1.54, 1.807) is 12.1 Å².